The number of hydrogen-bond acceptors (Lipinski definition) is 6. The Morgan fingerprint density at radius 1 is 1.16 bits per heavy atom. The lowest BCUT2D eigenvalue weighted by Crippen LogP contribution is -2.42. The zero-order chi connectivity index (χ0) is 21.2. The summed E-state index contributed by atoms with van der Waals surface area (Å²) in [6, 6.07) is 7.77. The molecule has 31 heavy (non-hydrogen) atoms. The van der Waals surface area contributed by atoms with Gasteiger partial charge >= 0.3 is 0 Å². The van der Waals surface area contributed by atoms with Crippen molar-refractivity contribution in [3.05, 3.63) is 46.6 Å². The van der Waals surface area contributed by atoms with Gasteiger partial charge in [-0.05, 0) is 75.3 Å². The molecule has 1 fully saturated rings. The number of piperidine rings is 1. The van der Waals surface area contributed by atoms with Gasteiger partial charge in [-0.3, -0.25) is 4.79 Å². The average molecular weight is 437 g/mol. The monoisotopic (exact) mass is 436 g/mol. The number of likely N-dealkylation sites (tertiary alicyclic amines) is 1. The van der Waals surface area contributed by atoms with Gasteiger partial charge in [-0.2, -0.15) is 0 Å². The molecule has 1 aliphatic heterocycles. The quantitative estimate of drug-likeness (QED) is 0.629. The Kier molecular flexibility index (Phi) is 5.76. The molecule has 5 rings (SSSR count). The first-order valence-electron chi connectivity index (χ1n) is 11.3. The minimum atomic E-state index is 0.0952. The fourth-order valence-electron chi connectivity index (χ4n) is 4.66. The molecule has 2 aliphatic rings. The number of hydrogen-bond donors (Lipinski definition) is 1. The Morgan fingerprint density at radius 2 is 1.94 bits per heavy atom. The summed E-state index contributed by atoms with van der Waals surface area (Å²) in [6.07, 6.45) is 8.34. The number of carbonyl (C=O) groups is 1. The Labute approximate surface area is 186 Å². The van der Waals surface area contributed by atoms with Crippen LogP contribution in [-0.2, 0) is 12.8 Å². The van der Waals surface area contributed by atoms with E-state index in [1.807, 2.05) is 47.4 Å². The van der Waals surface area contributed by atoms with Gasteiger partial charge in [0.2, 0.25) is 0 Å². The van der Waals surface area contributed by atoms with Gasteiger partial charge in [0.25, 0.3) is 5.91 Å². The van der Waals surface area contributed by atoms with Gasteiger partial charge in [0.1, 0.15) is 22.7 Å². The highest BCUT2D eigenvalue weighted by molar-refractivity contribution is 7.19. The fourth-order valence-corrected chi connectivity index (χ4v) is 5.89. The van der Waals surface area contributed by atoms with E-state index in [0.29, 0.717) is 12.6 Å². The second-order valence-corrected chi connectivity index (χ2v) is 9.37. The van der Waals surface area contributed by atoms with Crippen LogP contribution < -0.4 is 10.1 Å². The summed E-state index contributed by atoms with van der Waals surface area (Å²) in [5.74, 6) is 1.87. The lowest BCUT2D eigenvalue weighted by molar-refractivity contribution is 0.0718. The third-order valence-corrected chi connectivity index (χ3v) is 7.49. The van der Waals surface area contributed by atoms with Crippen molar-refractivity contribution in [2.45, 2.75) is 51.5 Å². The molecule has 3 heterocycles. The normalized spacial score (nSPS) is 16.9. The summed E-state index contributed by atoms with van der Waals surface area (Å²) >= 11 is 1.83. The number of ether oxygens (including phenoxy) is 1. The minimum absolute atomic E-state index is 0.0952. The number of amides is 1. The Morgan fingerprint density at radius 3 is 2.71 bits per heavy atom. The van der Waals surface area contributed by atoms with E-state index in [1.165, 1.54) is 35.1 Å². The van der Waals surface area contributed by atoms with Crippen molar-refractivity contribution in [1.29, 1.82) is 0 Å². The van der Waals surface area contributed by atoms with Crippen LogP contribution in [0.2, 0.25) is 0 Å². The van der Waals surface area contributed by atoms with Crippen LogP contribution in [0, 0.1) is 0 Å². The van der Waals surface area contributed by atoms with E-state index >= 15 is 0 Å². The number of carbonyl (C=O) groups excluding carboxylic acids is 1. The second-order valence-electron chi connectivity index (χ2n) is 8.28. The number of nitrogens with one attached hydrogen (secondary N) is 1. The number of thiophene rings is 1. The summed E-state index contributed by atoms with van der Waals surface area (Å²) in [5.41, 5.74) is 2.18. The standard InChI is InChI=1S/C24H28N4O2S/c1-2-30-18-9-7-16(8-10-18)24(29)28-13-11-17(12-14-28)27-22-21-19-5-3-4-6-20(19)31-23(21)26-15-25-22/h7-10,15,17H,2-6,11-14H2,1H3,(H,25,26,27). The van der Waals surface area contributed by atoms with Gasteiger partial charge < -0.3 is 15.0 Å². The SMILES string of the molecule is CCOc1ccc(C(=O)N2CCC(Nc3ncnc4sc5c(c34)CCCC5)CC2)cc1. The third-order valence-electron chi connectivity index (χ3n) is 6.29. The van der Waals surface area contributed by atoms with Crippen molar-refractivity contribution < 1.29 is 9.53 Å². The van der Waals surface area contributed by atoms with Gasteiger partial charge in [0.05, 0.1) is 12.0 Å². The highest BCUT2D eigenvalue weighted by Gasteiger charge is 2.26. The molecule has 162 valence electrons. The first kappa shape index (κ1) is 20.2. The van der Waals surface area contributed by atoms with Gasteiger partial charge in [-0.15, -0.1) is 11.3 Å². The molecule has 3 aromatic rings. The van der Waals surface area contributed by atoms with Crippen LogP contribution >= 0.6 is 11.3 Å². The summed E-state index contributed by atoms with van der Waals surface area (Å²) in [4.78, 5) is 26.6. The number of fused-ring (bicyclic) bond motifs is 3. The molecule has 0 radical (unpaired) electrons. The lowest BCUT2D eigenvalue weighted by Gasteiger charge is -2.33. The van der Waals surface area contributed by atoms with E-state index in [1.54, 1.807) is 6.33 Å². The Hall–Kier alpha value is -2.67. The first-order valence-corrected chi connectivity index (χ1v) is 12.1. The van der Waals surface area contributed by atoms with E-state index in [4.69, 9.17) is 4.74 Å². The van der Waals surface area contributed by atoms with Crippen LogP contribution in [0.4, 0.5) is 5.82 Å². The summed E-state index contributed by atoms with van der Waals surface area (Å²) in [7, 11) is 0. The van der Waals surface area contributed by atoms with E-state index in [2.05, 4.69) is 15.3 Å². The molecule has 2 aromatic heterocycles. The Balaban J connectivity index is 1.24. The van der Waals surface area contributed by atoms with Crippen molar-refractivity contribution in [3.8, 4) is 5.75 Å². The molecule has 0 spiro atoms. The van der Waals surface area contributed by atoms with Crippen LogP contribution in [0.25, 0.3) is 10.2 Å². The van der Waals surface area contributed by atoms with Gasteiger partial charge in [-0.25, -0.2) is 9.97 Å². The highest BCUT2D eigenvalue weighted by Crippen LogP contribution is 2.38. The van der Waals surface area contributed by atoms with Crippen molar-refractivity contribution >= 4 is 33.3 Å². The van der Waals surface area contributed by atoms with Gasteiger partial charge in [-0.1, -0.05) is 0 Å². The van der Waals surface area contributed by atoms with Crippen molar-refractivity contribution in [2.24, 2.45) is 0 Å². The summed E-state index contributed by atoms with van der Waals surface area (Å²) in [6.45, 7) is 4.08. The predicted molar refractivity (Wildman–Crippen MR) is 124 cm³/mol. The van der Waals surface area contributed by atoms with Crippen LogP contribution in [-0.4, -0.2) is 46.5 Å². The molecule has 7 heteroatoms. The van der Waals surface area contributed by atoms with Gasteiger partial charge in [0, 0.05) is 29.6 Å². The number of anilines is 1. The first-order chi connectivity index (χ1) is 15.2. The number of nitrogens with zero attached hydrogens (tertiary/aromatic N) is 3. The fraction of sp³-hybridized carbons (Fsp3) is 0.458. The summed E-state index contributed by atoms with van der Waals surface area (Å²) in [5, 5.41) is 4.91. The number of rotatable bonds is 5. The molecule has 1 saturated heterocycles. The smallest absolute Gasteiger partial charge is 0.253 e. The van der Waals surface area contributed by atoms with Crippen molar-refractivity contribution in [2.75, 3.05) is 25.0 Å². The van der Waals surface area contributed by atoms with Crippen LogP contribution in [0.1, 0.15) is 53.4 Å². The molecule has 1 aromatic carbocycles. The van der Waals surface area contributed by atoms with E-state index in [9.17, 15) is 4.79 Å². The van der Waals surface area contributed by atoms with E-state index in [0.717, 1.165) is 54.3 Å². The minimum Gasteiger partial charge on any atom is -0.494 e. The molecule has 0 bridgehead atoms. The molecule has 0 atom stereocenters. The molecule has 0 saturated carbocycles. The summed E-state index contributed by atoms with van der Waals surface area (Å²) < 4.78 is 5.47. The topological polar surface area (TPSA) is 67.3 Å². The van der Waals surface area contributed by atoms with E-state index < -0.39 is 0 Å². The van der Waals surface area contributed by atoms with Crippen LogP contribution in [0.15, 0.2) is 30.6 Å². The van der Waals surface area contributed by atoms with Crippen LogP contribution in [0.5, 0.6) is 5.75 Å². The highest BCUT2D eigenvalue weighted by atomic mass is 32.1. The van der Waals surface area contributed by atoms with Crippen molar-refractivity contribution in [3.63, 3.8) is 0 Å². The molecular formula is C24H28N4O2S. The zero-order valence-corrected chi connectivity index (χ0v) is 18.7. The van der Waals surface area contributed by atoms with Crippen LogP contribution in [0.3, 0.4) is 0 Å². The maximum absolute atomic E-state index is 12.9. The maximum Gasteiger partial charge on any atom is 0.253 e. The third kappa shape index (κ3) is 4.11. The zero-order valence-electron chi connectivity index (χ0n) is 17.9. The number of aryl methyl sites for hydroxylation is 2. The lowest BCUT2D eigenvalue weighted by atomic mass is 9.96. The molecule has 6 nitrogen and oxygen atoms in total. The molecular weight excluding hydrogens is 408 g/mol. The Bertz CT molecular complexity index is 1070. The molecule has 0 unspecified atom stereocenters. The number of aromatic nitrogens is 2. The van der Waals surface area contributed by atoms with E-state index in [-0.39, 0.29) is 5.91 Å². The second kappa shape index (κ2) is 8.83. The predicted octanol–water partition coefficient (Wildman–Crippen LogP) is 4.69. The van der Waals surface area contributed by atoms with Crippen molar-refractivity contribution in [1.82, 2.24) is 14.9 Å². The van der Waals surface area contributed by atoms with Gasteiger partial charge in [0.15, 0.2) is 0 Å². The average Bonchev–Trinajstić information content (AvgIpc) is 3.19. The molecule has 1 aliphatic carbocycles. The largest absolute Gasteiger partial charge is 0.494 e. The number of benzene rings is 1. The molecule has 1 amide bonds. The molecule has 1 N–H and O–H groups in total. The maximum atomic E-state index is 12.9.